The van der Waals surface area contributed by atoms with Crippen LogP contribution in [0.3, 0.4) is 0 Å². The molecule has 0 aliphatic rings. The molecule has 0 spiro atoms. The number of benzene rings is 1. The zero-order valence-electron chi connectivity index (χ0n) is 14.1. The molecule has 1 heterocycles. The van der Waals surface area contributed by atoms with Gasteiger partial charge in [-0.2, -0.15) is 0 Å². The van der Waals surface area contributed by atoms with Gasteiger partial charge in [0.25, 0.3) is 0 Å². The van der Waals surface area contributed by atoms with Crippen LogP contribution in [0.1, 0.15) is 32.0 Å². The lowest BCUT2D eigenvalue weighted by Crippen LogP contribution is -2.40. The zero-order valence-corrected chi connectivity index (χ0v) is 14.9. The van der Waals surface area contributed by atoms with E-state index in [0.29, 0.717) is 5.69 Å². The summed E-state index contributed by atoms with van der Waals surface area (Å²) in [6, 6.07) is 7.82. The Hall–Kier alpha value is -2.21. The van der Waals surface area contributed by atoms with E-state index in [1.54, 1.807) is 13.8 Å². The summed E-state index contributed by atoms with van der Waals surface area (Å²) in [7, 11) is 0. The molecule has 1 aromatic carbocycles. The second-order valence-corrected chi connectivity index (χ2v) is 6.71. The molecule has 0 saturated carbocycles. The molecule has 24 heavy (non-hydrogen) atoms. The van der Waals surface area contributed by atoms with Gasteiger partial charge in [0, 0.05) is 17.0 Å². The first-order chi connectivity index (χ1) is 11.4. The minimum Gasteiger partial charge on any atom is -0.481 e. The number of carboxylic acids is 1. The highest BCUT2D eigenvalue weighted by atomic mass is 32.1. The lowest BCUT2D eigenvalue weighted by atomic mass is 10.0. The molecule has 2 unspecified atom stereocenters. The average Bonchev–Trinajstić information content (AvgIpc) is 3.02. The highest BCUT2D eigenvalue weighted by Crippen LogP contribution is 2.24. The summed E-state index contributed by atoms with van der Waals surface area (Å²) < 4.78 is 0. The van der Waals surface area contributed by atoms with E-state index in [2.05, 4.69) is 29.4 Å². The van der Waals surface area contributed by atoms with Crippen molar-refractivity contribution in [3.05, 3.63) is 40.9 Å². The van der Waals surface area contributed by atoms with Crippen LogP contribution in [0.5, 0.6) is 0 Å². The Morgan fingerprint density at radius 3 is 2.50 bits per heavy atom. The fourth-order valence-corrected chi connectivity index (χ4v) is 3.04. The van der Waals surface area contributed by atoms with Gasteiger partial charge in [0.15, 0.2) is 0 Å². The Morgan fingerprint density at radius 1 is 1.25 bits per heavy atom. The van der Waals surface area contributed by atoms with Crippen LogP contribution in [0.2, 0.25) is 0 Å². The summed E-state index contributed by atoms with van der Waals surface area (Å²) in [5.41, 5.74) is 3.01. The fourth-order valence-electron chi connectivity index (χ4n) is 2.21. The number of nitrogens with zero attached hydrogens (tertiary/aromatic N) is 1. The van der Waals surface area contributed by atoms with Crippen molar-refractivity contribution < 1.29 is 14.7 Å². The predicted octanol–water partition coefficient (Wildman–Crippen LogP) is 3.14. The van der Waals surface area contributed by atoms with Gasteiger partial charge in [-0.1, -0.05) is 31.2 Å². The molecule has 0 aliphatic heterocycles. The third-order valence-electron chi connectivity index (χ3n) is 4.03. The number of hydrogen-bond acceptors (Lipinski definition) is 4. The van der Waals surface area contributed by atoms with Gasteiger partial charge in [0.05, 0.1) is 18.0 Å². The molecule has 2 rings (SSSR count). The monoisotopic (exact) mass is 346 g/mol. The number of rotatable bonds is 7. The number of thiazole rings is 1. The van der Waals surface area contributed by atoms with Gasteiger partial charge >= 0.3 is 5.97 Å². The predicted molar refractivity (Wildman–Crippen MR) is 95.0 cm³/mol. The molecule has 0 bridgehead atoms. The first-order valence-electron chi connectivity index (χ1n) is 7.96. The molecule has 2 aromatic rings. The van der Waals surface area contributed by atoms with Gasteiger partial charge in [-0.3, -0.25) is 9.59 Å². The normalized spacial score (nSPS) is 13.3. The van der Waals surface area contributed by atoms with E-state index in [9.17, 15) is 9.59 Å². The molecule has 0 fully saturated rings. The third-order valence-corrected chi connectivity index (χ3v) is 4.97. The van der Waals surface area contributed by atoms with E-state index in [-0.39, 0.29) is 12.3 Å². The Balaban J connectivity index is 1.97. The summed E-state index contributed by atoms with van der Waals surface area (Å²) in [5.74, 6) is -1.76. The summed E-state index contributed by atoms with van der Waals surface area (Å²) in [6.07, 6.45) is 1.15. The van der Waals surface area contributed by atoms with Gasteiger partial charge in [-0.15, -0.1) is 11.3 Å². The van der Waals surface area contributed by atoms with Crippen molar-refractivity contribution in [1.29, 1.82) is 0 Å². The maximum atomic E-state index is 12.0. The van der Waals surface area contributed by atoms with E-state index in [4.69, 9.17) is 5.11 Å². The van der Waals surface area contributed by atoms with E-state index < -0.39 is 17.9 Å². The Kier molecular flexibility index (Phi) is 6.09. The van der Waals surface area contributed by atoms with E-state index in [0.717, 1.165) is 17.0 Å². The SMILES string of the molecule is CCc1ccc(-c2nc(CC(=O)NC(C)C(C)C(=O)O)cs2)cc1. The highest BCUT2D eigenvalue weighted by molar-refractivity contribution is 7.13. The van der Waals surface area contributed by atoms with Crippen LogP contribution in [0, 0.1) is 5.92 Å². The maximum absolute atomic E-state index is 12.0. The molecule has 1 aromatic heterocycles. The van der Waals surface area contributed by atoms with Crippen molar-refractivity contribution in [3.63, 3.8) is 0 Å². The molecule has 128 valence electrons. The van der Waals surface area contributed by atoms with Crippen molar-refractivity contribution in [2.45, 2.75) is 39.7 Å². The van der Waals surface area contributed by atoms with Gasteiger partial charge < -0.3 is 10.4 Å². The molecule has 2 atom stereocenters. The van der Waals surface area contributed by atoms with Gasteiger partial charge in [-0.05, 0) is 25.8 Å². The maximum Gasteiger partial charge on any atom is 0.308 e. The minimum absolute atomic E-state index is 0.153. The van der Waals surface area contributed by atoms with Crippen LogP contribution < -0.4 is 5.32 Å². The van der Waals surface area contributed by atoms with Crippen molar-refractivity contribution in [2.75, 3.05) is 0 Å². The molecule has 5 nitrogen and oxygen atoms in total. The molecular weight excluding hydrogens is 324 g/mol. The number of amides is 1. The quantitative estimate of drug-likeness (QED) is 0.807. The number of carbonyl (C=O) groups is 2. The third kappa shape index (κ3) is 4.64. The van der Waals surface area contributed by atoms with Crippen molar-refractivity contribution in [1.82, 2.24) is 10.3 Å². The summed E-state index contributed by atoms with van der Waals surface area (Å²) >= 11 is 1.50. The topological polar surface area (TPSA) is 79.3 Å². The number of aromatic nitrogens is 1. The first kappa shape index (κ1) is 18.1. The average molecular weight is 346 g/mol. The van der Waals surface area contributed by atoms with E-state index in [1.165, 1.54) is 16.9 Å². The number of hydrogen-bond donors (Lipinski definition) is 2. The van der Waals surface area contributed by atoms with Gasteiger partial charge in [-0.25, -0.2) is 4.98 Å². The molecule has 0 radical (unpaired) electrons. The molecule has 2 N–H and O–H groups in total. The highest BCUT2D eigenvalue weighted by Gasteiger charge is 2.21. The van der Waals surface area contributed by atoms with Crippen molar-refractivity contribution in [2.24, 2.45) is 5.92 Å². The number of carbonyl (C=O) groups excluding carboxylic acids is 1. The van der Waals surface area contributed by atoms with Crippen molar-refractivity contribution >= 4 is 23.2 Å². The Labute approximate surface area is 145 Å². The number of aryl methyl sites for hydroxylation is 1. The van der Waals surface area contributed by atoms with Crippen LogP contribution in [0.25, 0.3) is 10.6 Å². The van der Waals surface area contributed by atoms with Crippen LogP contribution in [-0.2, 0) is 22.4 Å². The molecule has 0 saturated heterocycles. The second kappa shape index (κ2) is 8.06. The molecule has 0 aliphatic carbocycles. The molecular formula is C18H22N2O3S. The lowest BCUT2D eigenvalue weighted by Gasteiger charge is -2.17. The van der Waals surface area contributed by atoms with Crippen LogP contribution in [0.4, 0.5) is 0 Å². The summed E-state index contributed by atoms with van der Waals surface area (Å²) in [5, 5.41) is 14.4. The number of aliphatic carboxylic acids is 1. The first-order valence-corrected chi connectivity index (χ1v) is 8.84. The largest absolute Gasteiger partial charge is 0.481 e. The van der Waals surface area contributed by atoms with Crippen LogP contribution in [-0.4, -0.2) is 28.0 Å². The minimum atomic E-state index is -0.922. The Bertz CT molecular complexity index is 709. The lowest BCUT2D eigenvalue weighted by molar-refractivity contribution is -0.142. The van der Waals surface area contributed by atoms with E-state index in [1.807, 2.05) is 17.5 Å². The summed E-state index contributed by atoms with van der Waals surface area (Å²) in [4.78, 5) is 27.5. The number of carboxylic acid groups (broad SMARTS) is 1. The van der Waals surface area contributed by atoms with Gasteiger partial charge in [0.2, 0.25) is 5.91 Å². The fraction of sp³-hybridized carbons (Fsp3) is 0.389. The van der Waals surface area contributed by atoms with Crippen LogP contribution in [0.15, 0.2) is 29.6 Å². The van der Waals surface area contributed by atoms with Gasteiger partial charge in [0.1, 0.15) is 5.01 Å². The number of nitrogens with one attached hydrogen (secondary N) is 1. The Morgan fingerprint density at radius 2 is 1.92 bits per heavy atom. The summed E-state index contributed by atoms with van der Waals surface area (Å²) in [6.45, 7) is 5.38. The van der Waals surface area contributed by atoms with E-state index >= 15 is 0 Å². The zero-order chi connectivity index (χ0) is 17.7. The standard InChI is InChI=1S/C18H22N2O3S/c1-4-13-5-7-14(8-6-13)17-20-15(10-24-17)9-16(21)19-12(3)11(2)18(22)23/h5-8,10-12H,4,9H2,1-3H3,(H,19,21)(H,22,23). The smallest absolute Gasteiger partial charge is 0.308 e. The molecule has 6 heteroatoms. The second-order valence-electron chi connectivity index (χ2n) is 5.85. The van der Waals surface area contributed by atoms with Crippen LogP contribution >= 0.6 is 11.3 Å². The molecule has 1 amide bonds. The van der Waals surface area contributed by atoms with Crippen molar-refractivity contribution in [3.8, 4) is 10.6 Å².